The third-order valence-corrected chi connectivity index (χ3v) is 5.77. The van der Waals surface area contributed by atoms with Crippen molar-refractivity contribution in [2.24, 2.45) is 4.99 Å². The molecule has 2 aromatic carbocycles. The van der Waals surface area contributed by atoms with Crippen molar-refractivity contribution >= 4 is 39.8 Å². The van der Waals surface area contributed by atoms with E-state index >= 15 is 0 Å². The first-order valence-corrected chi connectivity index (χ1v) is 9.90. The van der Waals surface area contributed by atoms with Crippen LogP contribution < -0.4 is 0 Å². The molecule has 3 heterocycles. The van der Waals surface area contributed by atoms with Crippen LogP contribution in [-0.2, 0) is 9.53 Å². The van der Waals surface area contributed by atoms with Gasteiger partial charge in [-0.05, 0) is 35.5 Å². The lowest BCUT2D eigenvalue weighted by molar-refractivity contribution is -0.113. The van der Waals surface area contributed by atoms with Gasteiger partial charge >= 0.3 is 0 Å². The number of hydrogen-bond donors (Lipinski definition) is 0. The number of ether oxygens (including phenoxy) is 1. The molecular weight excluding hydrogens is 374 g/mol. The summed E-state index contributed by atoms with van der Waals surface area (Å²) in [7, 11) is 0. The van der Waals surface area contributed by atoms with Gasteiger partial charge in [-0.2, -0.15) is 4.99 Å². The number of aliphatic imine (C=N–C) groups is 1. The summed E-state index contributed by atoms with van der Waals surface area (Å²) >= 11 is 1.42. The molecule has 6 nitrogen and oxygen atoms in total. The molecule has 2 aliphatic rings. The SMILES string of the molecule is O=C1N=C(N2CCOCC2)SC1=Cc1ccc2noc(-c3ccccc3)c2c1. The number of amides is 1. The molecule has 0 aliphatic carbocycles. The van der Waals surface area contributed by atoms with Crippen LogP contribution in [-0.4, -0.2) is 47.4 Å². The summed E-state index contributed by atoms with van der Waals surface area (Å²) in [6.07, 6.45) is 1.88. The molecular formula is C21H17N3O3S. The second-order valence-corrected chi connectivity index (χ2v) is 7.57. The van der Waals surface area contributed by atoms with Gasteiger partial charge in [-0.1, -0.05) is 41.6 Å². The maximum atomic E-state index is 12.4. The first kappa shape index (κ1) is 17.2. The number of amidine groups is 1. The van der Waals surface area contributed by atoms with Crippen molar-refractivity contribution < 1.29 is 14.1 Å². The van der Waals surface area contributed by atoms with Crippen molar-refractivity contribution in [1.82, 2.24) is 10.1 Å². The summed E-state index contributed by atoms with van der Waals surface area (Å²) in [5.74, 6) is 0.534. The predicted octanol–water partition coefficient (Wildman–Crippen LogP) is 3.80. The molecule has 0 saturated carbocycles. The number of nitrogens with zero attached hydrogens (tertiary/aromatic N) is 3. The van der Waals surface area contributed by atoms with E-state index in [0.717, 1.165) is 46.0 Å². The van der Waals surface area contributed by atoms with Gasteiger partial charge in [0.25, 0.3) is 5.91 Å². The summed E-state index contributed by atoms with van der Waals surface area (Å²) in [6.45, 7) is 2.86. The van der Waals surface area contributed by atoms with Crippen LogP contribution in [0, 0.1) is 0 Å². The smallest absolute Gasteiger partial charge is 0.286 e. The van der Waals surface area contributed by atoms with Gasteiger partial charge in [0.2, 0.25) is 0 Å². The highest BCUT2D eigenvalue weighted by Crippen LogP contribution is 2.33. The normalized spacial score (nSPS) is 18.9. The minimum Gasteiger partial charge on any atom is -0.378 e. The second kappa shape index (κ2) is 7.26. The van der Waals surface area contributed by atoms with Gasteiger partial charge in [-0.3, -0.25) is 4.79 Å². The number of hydrogen-bond acceptors (Lipinski definition) is 6. The Morgan fingerprint density at radius 3 is 2.71 bits per heavy atom. The Bertz CT molecular complexity index is 1100. The number of fused-ring (bicyclic) bond motifs is 1. The maximum absolute atomic E-state index is 12.4. The molecule has 0 spiro atoms. The van der Waals surface area contributed by atoms with Crippen LogP contribution in [0.2, 0.25) is 0 Å². The summed E-state index contributed by atoms with van der Waals surface area (Å²) < 4.78 is 10.9. The molecule has 7 heteroatoms. The minimum absolute atomic E-state index is 0.194. The third-order valence-electron chi connectivity index (χ3n) is 4.73. The average Bonchev–Trinajstić information content (AvgIpc) is 3.33. The standard InChI is InChI=1S/C21H17N3O3S/c25-20-18(28-21(22-20)24-8-10-26-11-9-24)13-14-6-7-17-16(12-14)19(27-23-17)15-4-2-1-3-5-15/h1-7,12-13H,8-11H2. The van der Waals surface area contributed by atoms with Crippen molar-refractivity contribution in [2.75, 3.05) is 26.3 Å². The van der Waals surface area contributed by atoms with Gasteiger partial charge in [0.15, 0.2) is 10.9 Å². The summed E-state index contributed by atoms with van der Waals surface area (Å²) in [5, 5.41) is 5.83. The lowest BCUT2D eigenvalue weighted by Crippen LogP contribution is -2.38. The van der Waals surface area contributed by atoms with Gasteiger partial charge < -0.3 is 14.2 Å². The largest absolute Gasteiger partial charge is 0.378 e. The minimum atomic E-state index is -0.194. The lowest BCUT2D eigenvalue weighted by Gasteiger charge is -2.27. The molecule has 2 aliphatic heterocycles. The molecule has 0 unspecified atom stereocenters. The Hall–Kier alpha value is -2.90. The van der Waals surface area contributed by atoms with Crippen molar-refractivity contribution in [1.29, 1.82) is 0 Å². The highest BCUT2D eigenvalue weighted by molar-refractivity contribution is 8.18. The van der Waals surface area contributed by atoms with Crippen LogP contribution in [0.4, 0.5) is 0 Å². The molecule has 0 atom stereocenters. The van der Waals surface area contributed by atoms with Gasteiger partial charge in [-0.15, -0.1) is 0 Å². The number of benzene rings is 2. The quantitative estimate of drug-likeness (QED) is 0.619. The van der Waals surface area contributed by atoms with Gasteiger partial charge in [0, 0.05) is 18.7 Å². The number of thioether (sulfide) groups is 1. The predicted molar refractivity (Wildman–Crippen MR) is 110 cm³/mol. The van der Waals surface area contributed by atoms with E-state index in [0.29, 0.717) is 18.1 Å². The van der Waals surface area contributed by atoms with Crippen molar-refractivity contribution in [2.45, 2.75) is 0 Å². The zero-order valence-corrected chi connectivity index (χ0v) is 15.8. The van der Waals surface area contributed by atoms with E-state index in [1.165, 1.54) is 11.8 Å². The van der Waals surface area contributed by atoms with E-state index in [2.05, 4.69) is 15.0 Å². The Kier molecular flexibility index (Phi) is 4.46. The third kappa shape index (κ3) is 3.23. The summed E-state index contributed by atoms with van der Waals surface area (Å²) in [4.78, 5) is 19.3. The van der Waals surface area contributed by atoms with Crippen LogP contribution in [0.15, 0.2) is 63.0 Å². The van der Waals surface area contributed by atoms with Gasteiger partial charge in [-0.25, -0.2) is 0 Å². The van der Waals surface area contributed by atoms with Crippen LogP contribution in [0.1, 0.15) is 5.56 Å². The first-order chi connectivity index (χ1) is 13.8. The molecule has 1 fully saturated rings. The van der Waals surface area contributed by atoms with E-state index in [9.17, 15) is 4.79 Å². The van der Waals surface area contributed by atoms with Gasteiger partial charge in [0.05, 0.1) is 23.5 Å². The van der Waals surface area contributed by atoms with E-state index in [-0.39, 0.29) is 5.91 Å². The fourth-order valence-corrected chi connectivity index (χ4v) is 4.25. The topological polar surface area (TPSA) is 67.9 Å². The number of carbonyl (C=O) groups excluding carboxylic acids is 1. The number of carbonyl (C=O) groups is 1. The fraction of sp³-hybridized carbons (Fsp3) is 0.190. The van der Waals surface area contributed by atoms with E-state index in [4.69, 9.17) is 9.26 Å². The maximum Gasteiger partial charge on any atom is 0.286 e. The molecule has 0 bridgehead atoms. The van der Waals surface area contributed by atoms with Crippen LogP contribution >= 0.6 is 11.8 Å². The number of rotatable bonds is 2. The zero-order valence-electron chi connectivity index (χ0n) is 15.0. The van der Waals surface area contributed by atoms with E-state index < -0.39 is 0 Å². The fourth-order valence-electron chi connectivity index (χ4n) is 3.29. The highest BCUT2D eigenvalue weighted by atomic mass is 32.2. The summed E-state index contributed by atoms with van der Waals surface area (Å²) in [5.41, 5.74) is 2.68. The molecule has 0 radical (unpaired) electrons. The molecule has 0 N–H and O–H groups in total. The van der Waals surface area contributed by atoms with Crippen molar-refractivity contribution in [3.05, 3.63) is 59.0 Å². The molecule has 3 aromatic rings. The molecule has 5 rings (SSSR count). The molecule has 1 amide bonds. The molecule has 140 valence electrons. The molecule has 28 heavy (non-hydrogen) atoms. The van der Waals surface area contributed by atoms with E-state index in [1.54, 1.807) is 0 Å². The summed E-state index contributed by atoms with van der Waals surface area (Å²) in [6, 6.07) is 15.7. The lowest BCUT2D eigenvalue weighted by atomic mass is 10.1. The molecule has 1 aromatic heterocycles. The first-order valence-electron chi connectivity index (χ1n) is 9.08. The Morgan fingerprint density at radius 2 is 1.89 bits per heavy atom. The Labute approximate surface area is 165 Å². The van der Waals surface area contributed by atoms with Crippen molar-refractivity contribution in [3.8, 4) is 11.3 Å². The number of morpholine rings is 1. The van der Waals surface area contributed by atoms with Crippen LogP contribution in [0.25, 0.3) is 28.3 Å². The van der Waals surface area contributed by atoms with Gasteiger partial charge in [0.1, 0.15) is 5.52 Å². The average molecular weight is 391 g/mol. The van der Waals surface area contributed by atoms with Crippen LogP contribution in [0.5, 0.6) is 0 Å². The Balaban J connectivity index is 1.44. The molecule has 1 saturated heterocycles. The van der Waals surface area contributed by atoms with Crippen molar-refractivity contribution in [3.63, 3.8) is 0 Å². The highest BCUT2D eigenvalue weighted by Gasteiger charge is 2.27. The zero-order chi connectivity index (χ0) is 18.9. The Morgan fingerprint density at radius 1 is 1.07 bits per heavy atom. The van der Waals surface area contributed by atoms with E-state index in [1.807, 2.05) is 54.6 Å². The number of aromatic nitrogens is 1. The second-order valence-electron chi connectivity index (χ2n) is 6.56. The van der Waals surface area contributed by atoms with Crippen LogP contribution in [0.3, 0.4) is 0 Å². The monoisotopic (exact) mass is 391 g/mol.